The number of carbonyl (C=O) groups excluding carboxylic acids is 1. The van der Waals surface area contributed by atoms with Gasteiger partial charge in [-0.05, 0) is 29.0 Å². The fourth-order valence-electron chi connectivity index (χ4n) is 2.43. The second-order valence-corrected chi connectivity index (χ2v) is 6.87. The number of hydrogen-bond acceptors (Lipinski definition) is 3. The fourth-order valence-corrected chi connectivity index (χ4v) is 2.43. The summed E-state index contributed by atoms with van der Waals surface area (Å²) in [6.45, 7) is 10.0. The largest absolute Gasteiger partial charge is 0.497 e. The van der Waals surface area contributed by atoms with Crippen molar-refractivity contribution >= 4 is 5.91 Å². The maximum Gasteiger partial charge on any atom is 0.238 e. The van der Waals surface area contributed by atoms with E-state index in [-0.39, 0.29) is 17.5 Å². The van der Waals surface area contributed by atoms with Gasteiger partial charge in [-0.15, -0.1) is 0 Å². The number of hydrogen-bond donors (Lipinski definition) is 1. The summed E-state index contributed by atoms with van der Waals surface area (Å²) < 4.78 is 5.28. The van der Waals surface area contributed by atoms with Crippen LogP contribution in [-0.4, -0.2) is 31.0 Å². The molecule has 2 atom stereocenters. The smallest absolute Gasteiger partial charge is 0.238 e. The minimum atomic E-state index is -0.0580. The number of carbonyl (C=O) groups is 1. The molecule has 2 unspecified atom stereocenters. The molecule has 0 aliphatic carbocycles. The van der Waals surface area contributed by atoms with Gasteiger partial charge >= 0.3 is 0 Å². The standard InChI is InChI=1S/C17H26N2O2/c1-12(17(2,3)4)11-19-15(20)10-18-16(19)13-7-6-8-14(9-13)21-5/h6-9,12,16,18H,10-11H2,1-5H3. The van der Waals surface area contributed by atoms with Crippen molar-refractivity contribution in [1.29, 1.82) is 0 Å². The lowest BCUT2D eigenvalue weighted by Gasteiger charge is -2.34. The van der Waals surface area contributed by atoms with Gasteiger partial charge in [-0.1, -0.05) is 39.8 Å². The van der Waals surface area contributed by atoms with Gasteiger partial charge in [0.2, 0.25) is 5.91 Å². The Morgan fingerprint density at radius 2 is 2.14 bits per heavy atom. The molecule has 0 radical (unpaired) electrons. The minimum Gasteiger partial charge on any atom is -0.497 e. The van der Waals surface area contributed by atoms with E-state index in [2.05, 4.69) is 33.0 Å². The zero-order valence-electron chi connectivity index (χ0n) is 13.6. The van der Waals surface area contributed by atoms with Gasteiger partial charge in [-0.3, -0.25) is 10.1 Å². The number of methoxy groups -OCH3 is 1. The molecule has 1 heterocycles. The molecular weight excluding hydrogens is 264 g/mol. The summed E-state index contributed by atoms with van der Waals surface area (Å²) in [5.74, 6) is 1.41. The Kier molecular flexibility index (Phi) is 4.57. The van der Waals surface area contributed by atoms with Crippen LogP contribution in [0.1, 0.15) is 39.4 Å². The molecule has 21 heavy (non-hydrogen) atoms. The van der Waals surface area contributed by atoms with Gasteiger partial charge in [-0.25, -0.2) is 0 Å². The molecule has 2 rings (SSSR count). The fraction of sp³-hybridized carbons (Fsp3) is 0.588. The molecule has 116 valence electrons. The minimum absolute atomic E-state index is 0.0580. The van der Waals surface area contributed by atoms with Gasteiger partial charge in [-0.2, -0.15) is 0 Å². The van der Waals surface area contributed by atoms with Crippen LogP contribution in [-0.2, 0) is 4.79 Å². The lowest BCUT2D eigenvalue weighted by atomic mass is 9.81. The van der Waals surface area contributed by atoms with Gasteiger partial charge in [0.25, 0.3) is 0 Å². The zero-order valence-corrected chi connectivity index (χ0v) is 13.6. The molecule has 1 amide bonds. The molecule has 1 aliphatic heterocycles. The van der Waals surface area contributed by atoms with E-state index in [1.165, 1.54) is 0 Å². The highest BCUT2D eigenvalue weighted by atomic mass is 16.5. The lowest BCUT2D eigenvalue weighted by molar-refractivity contribution is -0.129. The Bertz CT molecular complexity index is 508. The number of nitrogens with one attached hydrogen (secondary N) is 1. The average molecular weight is 290 g/mol. The van der Waals surface area contributed by atoms with Gasteiger partial charge in [0.15, 0.2) is 0 Å². The van der Waals surface area contributed by atoms with E-state index in [0.29, 0.717) is 12.5 Å². The van der Waals surface area contributed by atoms with E-state index >= 15 is 0 Å². The second-order valence-electron chi connectivity index (χ2n) is 6.87. The highest BCUT2D eigenvalue weighted by molar-refractivity contribution is 5.81. The maximum absolute atomic E-state index is 12.2. The van der Waals surface area contributed by atoms with E-state index < -0.39 is 0 Å². The third-order valence-corrected chi connectivity index (χ3v) is 4.44. The summed E-state index contributed by atoms with van der Waals surface area (Å²) >= 11 is 0. The molecule has 0 bridgehead atoms. The molecule has 1 aromatic rings. The van der Waals surface area contributed by atoms with Crippen molar-refractivity contribution in [3.8, 4) is 5.75 Å². The number of benzene rings is 1. The van der Waals surface area contributed by atoms with Gasteiger partial charge < -0.3 is 9.64 Å². The highest BCUT2D eigenvalue weighted by Crippen LogP contribution is 2.31. The number of rotatable bonds is 4. The molecule has 1 saturated heterocycles. The normalized spacial score (nSPS) is 20.7. The van der Waals surface area contributed by atoms with Crippen LogP contribution in [0.5, 0.6) is 5.75 Å². The van der Waals surface area contributed by atoms with Crippen molar-refractivity contribution in [2.45, 2.75) is 33.9 Å². The average Bonchev–Trinajstić information content (AvgIpc) is 2.79. The van der Waals surface area contributed by atoms with Crippen molar-refractivity contribution in [3.05, 3.63) is 29.8 Å². The van der Waals surface area contributed by atoms with E-state index in [9.17, 15) is 4.79 Å². The van der Waals surface area contributed by atoms with Crippen LogP contribution in [0.2, 0.25) is 0 Å². The van der Waals surface area contributed by atoms with Gasteiger partial charge in [0.05, 0.1) is 13.7 Å². The quantitative estimate of drug-likeness (QED) is 0.927. The highest BCUT2D eigenvalue weighted by Gasteiger charge is 2.34. The Hall–Kier alpha value is -1.55. The first-order valence-electron chi connectivity index (χ1n) is 7.49. The Morgan fingerprint density at radius 1 is 1.43 bits per heavy atom. The third-order valence-electron chi connectivity index (χ3n) is 4.44. The van der Waals surface area contributed by atoms with Crippen molar-refractivity contribution in [2.75, 3.05) is 20.2 Å². The first kappa shape index (κ1) is 15.8. The Morgan fingerprint density at radius 3 is 2.76 bits per heavy atom. The molecule has 0 spiro atoms. The van der Waals surface area contributed by atoms with Crippen LogP contribution in [0.25, 0.3) is 0 Å². The predicted molar refractivity (Wildman–Crippen MR) is 84.1 cm³/mol. The van der Waals surface area contributed by atoms with Crippen LogP contribution >= 0.6 is 0 Å². The van der Waals surface area contributed by atoms with Crippen molar-refractivity contribution in [2.24, 2.45) is 11.3 Å². The van der Waals surface area contributed by atoms with Crippen LogP contribution in [0, 0.1) is 11.3 Å². The van der Waals surface area contributed by atoms with E-state index in [4.69, 9.17) is 4.74 Å². The van der Waals surface area contributed by atoms with E-state index in [1.807, 2.05) is 29.2 Å². The molecule has 1 aliphatic rings. The van der Waals surface area contributed by atoms with Crippen molar-refractivity contribution < 1.29 is 9.53 Å². The number of nitrogens with zero attached hydrogens (tertiary/aromatic N) is 1. The predicted octanol–water partition coefficient (Wildman–Crippen LogP) is 2.81. The van der Waals surface area contributed by atoms with Gasteiger partial charge in [0.1, 0.15) is 11.9 Å². The van der Waals surface area contributed by atoms with Gasteiger partial charge in [0, 0.05) is 6.54 Å². The first-order valence-corrected chi connectivity index (χ1v) is 7.49. The molecule has 1 N–H and O–H groups in total. The number of ether oxygens (including phenoxy) is 1. The summed E-state index contributed by atoms with van der Waals surface area (Å²) in [6, 6.07) is 7.91. The summed E-state index contributed by atoms with van der Waals surface area (Å²) in [5.41, 5.74) is 1.25. The maximum atomic E-state index is 12.2. The van der Waals surface area contributed by atoms with Crippen molar-refractivity contribution in [1.82, 2.24) is 10.2 Å². The molecule has 0 aromatic heterocycles. The summed E-state index contributed by atoms with van der Waals surface area (Å²) in [4.78, 5) is 14.2. The lowest BCUT2D eigenvalue weighted by Crippen LogP contribution is -2.37. The molecule has 0 saturated carbocycles. The van der Waals surface area contributed by atoms with Crippen LogP contribution in [0.3, 0.4) is 0 Å². The topological polar surface area (TPSA) is 41.6 Å². The molecule has 4 nitrogen and oxygen atoms in total. The van der Waals surface area contributed by atoms with E-state index in [0.717, 1.165) is 17.9 Å². The second kappa shape index (κ2) is 6.06. The number of amides is 1. The Labute approximate surface area is 127 Å². The molecule has 1 fully saturated rings. The van der Waals surface area contributed by atoms with Crippen LogP contribution in [0.15, 0.2) is 24.3 Å². The summed E-state index contributed by atoms with van der Waals surface area (Å²) in [6.07, 6.45) is -0.0580. The molecular formula is C17H26N2O2. The van der Waals surface area contributed by atoms with E-state index in [1.54, 1.807) is 7.11 Å². The summed E-state index contributed by atoms with van der Waals surface area (Å²) in [7, 11) is 1.66. The third kappa shape index (κ3) is 3.56. The van der Waals surface area contributed by atoms with Crippen LogP contribution < -0.4 is 10.1 Å². The SMILES string of the molecule is COc1cccc(C2NCC(=O)N2CC(C)C(C)(C)C)c1. The van der Waals surface area contributed by atoms with Crippen LogP contribution in [0.4, 0.5) is 0 Å². The zero-order chi connectivity index (χ0) is 15.6. The molecule has 1 aromatic carbocycles. The first-order chi connectivity index (χ1) is 9.82. The monoisotopic (exact) mass is 290 g/mol. The molecule has 4 heteroatoms. The van der Waals surface area contributed by atoms with Crippen molar-refractivity contribution in [3.63, 3.8) is 0 Å². The summed E-state index contributed by atoms with van der Waals surface area (Å²) in [5, 5.41) is 3.30. The Balaban J connectivity index is 2.20.